The van der Waals surface area contributed by atoms with Gasteiger partial charge in [-0.2, -0.15) is 5.26 Å². The zero-order valence-corrected chi connectivity index (χ0v) is 9.91. The van der Waals surface area contributed by atoms with Crippen LogP contribution in [0.3, 0.4) is 0 Å². The van der Waals surface area contributed by atoms with E-state index in [1.54, 1.807) is 6.07 Å². The summed E-state index contributed by atoms with van der Waals surface area (Å²) in [6.45, 7) is 0. The number of hydrogen-bond acceptors (Lipinski definition) is 2. The lowest BCUT2D eigenvalue weighted by atomic mass is 10.0. The molecule has 0 aromatic heterocycles. The van der Waals surface area contributed by atoms with Crippen LogP contribution in [0.25, 0.3) is 11.1 Å². The number of benzene rings is 2. The summed E-state index contributed by atoms with van der Waals surface area (Å²) >= 11 is 0. The van der Waals surface area contributed by atoms with E-state index in [9.17, 15) is 17.6 Å². The van der Waals surface area contributed by atoms with Crippen LogP contribution in [0.4, 0.5) is 17.6 Å². The molecule has 0 aliphatic rings. The third kappa shape index (κ3) is 3.06. The third-order valence-corrected chi connectivity index (χ3v) is 2.50. The minimum absolute atomic E-state index is 0.00987. The zero-order valence-electron chi connectivity index (χ0n) is 9.91. The van der Waals surface area contributed by atoms with Crippen molar-refractivity contribution in [3.8, 4) is 22.9 Å². The fourth-order valence-electron chi connectivity index (χ4n) is 1.70. The summed E-state index contributed by atoms with van der Waals surface area (Å²) in [6.07, 6.45) is -4.92. The van der Waals surface area contributed by atoms with Gasteiger partial charge in [-0.3, -0.25) is 0 Å². The predicted molar refractivity (Wildman–Crippen MR) is 63.2 cm³/mol. The molecule has 0 aliphatic heterocycles. The fourth-order valence-corrected chi connectivity index (χ4v) is 1.70. The normalized spacial score (nSPS) is 10.9. The average molecular weight is 281 g/mol. The first kappa shape index (κ1) is 13.9. The monoisotopic (exact) mass is 281 g/mol. The minimum Gasteiger partial charge on any atom is -0.405 e. The van der Waals surface area contributed by atoms with Crippen molar-refractivity contribution in [2.45, 2.75) is 6.36 Å². The molecule has 0 aliphatic carbocycles. The van der Waals surface area contributed by atoms with Crippen LogP contribution in [0.2, 0.25) is 0 Å². The minimum atomic E-state index is -4.92. The molecule has 102 valence electrons. The Morgan fingerprint density at radius 2 is 1.70 bits per heavy atom. The summed E-state index contributed by atoms with van der Waals surface area (Å²) in [4.78, 5) is 0. The average Bonchev–Trinajstić information content (AvgIpc) is 2.38. The number of hydrogen-bond donors (Lipinski definition) is 0. The summed E-state index contributed by atoms with van der Waals surface area (Å²) in [5.41, 5.74) is -0.111. The molecule has 0 unspecified atom stereocenters. The second kappa shape index (κ2) is 5.21. The highest BCUT2D eigenvalue weighted by Crippen LogP contribution is 2.35. The van der Waals surface area contributed by atoms with Gasteiger partial charge in [-0.1, -0.05) is 18.2 Å². The number of ether oxygens (including phenoxy) is 1. The van der Waals surface area contributed by atoms with E-state index in [-0.39, 0.29) is 16.7 Å². The van der Waals surface area contributed by atoms with Crippen LogP contribution in [-0.2, 0) is 0 Å². The van der Waals surface area contributed by atoms with Crippen LogP contribution in [-0.4, -0.2) is 6.36 Å². The molecule has 2 aromatic rings. The third-order valence-electron chi connectivity index (χ3n) is 2.50. The van der Waals surface area contributed by atoms with Crippen molar-refractivity contribution < 1.29 is 22.3 Å². The molecule has 0 fully saturated rings. The van der Waals surface area contributed by atoms with Gasteiger partial charge in [-0.05, 0) is 24.3 Å². The number of nitrogens with zero attached hydrogens (tertiary/aromatic N) is 1. The Bertz CT molecular complexity index is 674. The summed E-state index contributed by atoms with van der Waals surface area (Å²) in [5.74, 6) is -1.29. The molecule has 0 amide bonds. The summed E-state index contributed by atoms with van der Waals surface area (Å²) in [6, 6.07) is 10.5. The van der Waals surface area contributed by atoms with Crippen molar-refractivity contribution in [1.82, 2.24) is 0 Å². The van der Waals surface area contributed by atoms with Gasteiger partial charge < -0.3 is 4.74 Å². The lowest BCUT2D eigenvalue weighted by Gasteiger charge is -2.14. The lowest BCUT2D eigenvalue weighted by molar-refractivity contribution is -0.274. The van der Waals surface area contributed by atoms with Gasteiger partial charge in [0.25, 0.3) is 0 Å². The van der Waals surface area contributed by atoms with Gasteiger partial charge in [0.2, 0.25) is 0 Å². The van der Waals surface area contributed by atoms with E-state index >= 15 is 0 Å². The number of rotatable bonds is 2. The quantitative estimate of drug-likeness (QED) is 0.770. The van der Waals surface area contributed by atoms with Gasteiger partial charge in [-0.25, -0.2) is 4.39 Å². The highest BCUT2D eigenvalue weighted by Gasteiger charge is 2.32. The van der Waals surface area contributed by atoms with Crippen molar-refractivity contribution in [1.29, 1.82) is 5.26 Å². The van der Waals surface area contributed by atoms with Gasteiger partial charge >= 0.3 is 6.36 Å². The van der Waals surface area contributed by atoms with E-state index in [4.69, 9.17) is 5.26 Å². The Morgan fingerprint density at radius 1 is 1.00 bits per heavy atom. The molecule has 0 atom stereocenters. The molecule has 2 rings (SSSR count). The molecule has 2 aromatic carbocycles. The van der Waals surface area contributed by atoms with Gasteiger partial charge in [0.1, 0.15) is 11.6 Å². The summed E-state index contributed by atoms with van der Waals surface area (Å²) < 4.78 is 54.7. The van der Waals surface area contributed by atoms with Crippen LogP contribution in [0.5, 0.6) is 5.75 Å². The summed E-state index contributed by atoms with van der Waals surface area (Å²) in [7, 11) is 0. The first-order valence-corrected chi connectivity index (χ1v) is 5.45. The Balaban J connectivity index is 2.58. The Labute approximate surface area is 111 Å². The molecule has 0 spiro atoms. The maximum atomic E-state index is 13.7. The molecule has 0 saturated heterocycles. The predicted octanol–water partition coefficient (Wildman–Crippen LogP) is 4.26. The first-order valence-electron chi connectivity index (χ1n) is 5.45. The standard InChI is InChI=1S/C14H7F4NO/c15-12-4-2-1-3-10(12)11-6-5-9(8-19)7-13(11)20-14(16,17)18/h1-7H. The number of halogens is 4. The van der Waals surface area contributed by atoms with Gasteiger partial charge in [-0.15, -0.1) is 13.2 Å². The maximum absolute atomic E-state index is 13.7. The molecule has 20 heavy (non-hydrogen) atoms. The van der Waals surface area contributed by atoms with E-state index in [0.717, 1.165) is 12.1 Å². The fraction of sp³-hybridized carbons (Fsp3) is 0.0714. The molecule has 0 radical (unpaired) electrons. The second-order valence-corrected chi connectivity index (χ2v) is 3.85. The van der Waals surface area contributed by atoms with Crippen LogP contribution in [0, 0.1) is 17.1 Å². The van der Waals surface area contributed by atoms with Gasteiger partial charge in [0.05, 0.1) is 11.6 Å². The molecule has 0 N–H and O–H groups in total. The molecular formula is C14H7F4NO. The highest BCUT2D eigenvalue weighted by atomic mass is 19.4. The van der Waals surface area contributed by atoms with Gasteiger partial charge in [0, 0.05) is 11.1 Å². The first-order chi connectivity index (χ1) is 9.40. The smallest absolute Gasteiger partial charge is 0.405 e. The molecule has 6 heteroatoms. The van der Waals surface area contributed by atoms with Crippen LogP contribution < -0.4 is 4.74 Å². The lowest BCUT2D eigenvalue weighted by Crippen LogP contribution is -2.17. The number of alkyl halides is 3. The molecule has 0 bridgehead atoms. The van der Waals surface area contributed by atoms with Crippen molar-refractivity contribution in [2.75, 3.05) is 0 Å². The molecule has 2 nitrogen and oxygen atoms in total. The Hall–Kier alpha value is -2.55. The van der Waals surface area contributed by atoms with Crippen molar-refractivity contribution in [3.63, 3.8) is 0 Å². The highest BCUT2D eigenvalue weighted by molar-refractivity contribution is 5.72. The zero-order chi connectivity index (χ0) is 14.8. The van der Waals surface area contributed by atoms with Crippen LogP contribution in [0.15, 0.2) is 42.5 Å². The van der Waals surface area contributed by atoms with Crippen molar-refractivity contribution in [2.24, 2.45) is 0 Å². The SMILES string of the molecule is N#Cc1ccc(-c2ccccc2F)c(OC(F)(F)F)c1. The molecule has 0 heterocycles. The Kier molecular flexibility index (Phi) is 3.61. The van der Waals surface area contributed by atoms with Gasteiger partial charge in [0.15, 0.2) is 0 Å². The topological polar surface area (TPSA) is 33.0 Å². The van der Waals surface area contributed by atoms with Crippen LogP contribution >= 0.6 is 0 Å². The van der Waals surface area contributed by atoms with E-state index in [1.165, 1.54) is 30.3 Å². The van der Waals surface area contributed by atoms with E-state index in [0.29, 0.717) is 0 Å². The largest absolute Gasteiger partial charge is 0.573 e. The second-order valence-electron chi connectivity index (χ2n) is 3.85. The Morgan fingerprint density at radius 3 is 2.30 bits per heavy atom. The van der Waals surface area contributed by atoms with Crippen molar-refractivity contribution in [3.05, 3.63) is 53.8 Å². The van der Waals surface area contributed by atoms with E-state index in [2.05, 4.69) is 4.74 Å². The molecular weight excluding hydrogens is 274 g/mol. The number of nitriles is 1. The van der Waals surface area contributed by atoms with Crippen LogP contribution in [0.1, 0.15) is 5.56 Å². The van der Waals surface area contributed by atoms with E-state index < -0.39 is 17.9 Å². The summed E-state index contributed by atoms with van der Waals surface area (Å²) in [5, 5.41) is 8.72. The van der Waals surface area contributed by atoms with Crippen molar-refractivity contribution >= 4 is 0 Å². The maximum Gasteiger partial charge on any atom is 0.573 e. The van der Waals surface area contributed by atoms with E-state index in [1.807, 2.05) is 0 Å². The molecule has 0 saturated carbocycles.